The van der Waals surface area contributed by atoms with Gasteiger partial charge in [0.05, 0.1) is 0 Å². The van der Waals surface area contributed by atoms with Gasteiger partial charge in [-0.15, -0.1) is 0 Å². The van der Waals surface area contributed by atoms with Gasteiger partial charge in [-0.2, -0.15) is 0 Å². The summed E-state index contributed by atoms with van der Waals surface area (Å²) in [6.07, 6.45) is 2.01. The highest BCUT2D eigenvalue weighted by atomic mass is 19.1. The Kier molecular flexibility index (Phi) is 4.93. The molecule has 3 N–H and O–H groups in total. The van der Waals surface area contributed by atoms with E-state index in [0.717, 1.165) is 18.5 Å². The van der Waals surface area contributed by atoms with Crippen LogP contribution in [0.2, 0.25) is 0 Å². The van der Waals surface area contributed by atoms with E-state index in [1.165, 1.54) is 23.8 Å². The maximum atomic E-state index is 13.8. The molecule has 0 aliphatic carbocycles. The lowest BCUT2D eigenvalue weighted by atomic mass is 10.1. The summed E-state index contributed by atoms with van der Waals surface area (Å²) in [6.45, 7) is 2.43. The minimum absolute atomic E-state index is 0.313. The van der Waals surface area contributed by atoms with Crippen LogP contribution in [0.3, 0.4) is 0 Å². The number of primary amides is 1. The molecule has 0 spiro atoms. The first-order valence-electron chi connectivity index (χ1n) is 7.01. The molecule has 0 fully saturated rings. The number of nitrogens with two attached hydrogens (primary N) is 1. The van der Waals surface area contributed by atoms with Crippen molar-refractivity contribution in [3.8, 4) is 0 Å². The Morgan fingerprint density at radius 3 is 2.67 bits per heavy atom. The second-order valence-corrected chi connectivity index (χ2v) is 4.93. The van der Waals surface area contributed by atoms with E-state index in [2.05, 4.69) is 18.3 Å². The normalized spacial score (nSPS) is 10.4. The molecular formula is C17H19FN2O. The molecule has 2 rings (SSSR count). The molecule has 0 aliphatic heterocycles. The van der Waals surface area contributed by atoms with Gasteiger partial charge in [0.25, 0.3) is 0 Å². The second-order valence-electron chi connectivity index (χ2n) is 4.93. The van der Waals surface area contributed by atoms with Crippen LogP contribution in [-0.4, -0.2) is 5.91 Å². The second kappa shape index (κ2) is 6.88. The summed E-state index contributed by atoms with van der Waals surface area (Å²) in [7, 11) is 0. The van der Waals surface area contributed by atoms with Gasteiger partial charge in [0.15, 0.2) is 0 Å². The molecule has 0 unspecified atom stereocenters. The van der Waals surface area contributed by atoms with E-state index in [4.69, 9.17) is 5.73 Å². The van der Waals surface area contributed by atoms with Crippen molar-refractivity contribution in [3.05, 3.63) is 65.0 Å². The monoisotopic (exact) mass is 286 g/mol. The zero-order valence-corrected chi connectivity index (χ0v) is 12.0. The third-order valence-electron chi connectivity index (χ3n) is 3.34. The fourth-order valence-corrected chi connectivity index (χ4v) is 2.23. The van der Waals surface area contributed by atoms with Crippen LogP contribution in [0.15, 0.2) is 42.5 Å². The number of benzene rings is 2. The minimum atomic E-state index is -0.553. The first-order chi connectivity index (χ1) is 10.1. The summed E-state index contributed by atoms with van der Waals surface area (Å²) < 4.78 is 13.8. The van der Waals surface area contributed by atoms with Crippen molar-refractivity contribution < 1.29 is 9.18 Å². The number of carbonyl (C=O) groups is 1. The van der Waals surface area contributed by atoms with Crippen LogP contribution in [0.4, 0.5) is 10.1 Å². The number of aryl methyl sites for hydroxylation is 1. The molecule has 110 valence electrons. The fourth-order valence-electron chi connectivity index (χ4n) is 2.23. The smallest absolute Gasteiger partial charge is 0.248 e. The Labute approximate surface area is 124 Å². The Morgan fingerprint density at radius 2 is 1.95 bits per heavy atom. The molecule has 2 aromatic carbocycles. The lowest BCUT2D eigenvalue weighted by molar-refractivity contribution is 0.1000. The molecule has 3 nitrogen and oxygen atoms in total. The van der Waals surface area contributed by atoms with Crippen LogP contribution in [0, 0.1) is 5.82 Å². The predicted molar refractivity (Wildman–Crippen MR) is 82.7 cm³/mol. The van der Waals surface area contributed by atoms with Gasteiger partial charge in [0, 0.05) is 23.4 Å². The number of halogens is 1. The molecule has 0 radical (unpaired) electrons. The van der Waals surface area contributed by atoms with E-state index in [1.807, 2.05) is 18.2 Å². The summed E-state index contributed by atoms with van der Waals surface area (Å²) in [5.41, 5.74) is 8.15. The van der Waals surface area contributed by atoms with Gasteiger partial charge in [-0.05, 0) is 36.2 Å². The van der Waals surface area contributed by atoms with Gasteiger partial charge in [0.1, 0.15) is 5.82 Å². The molecule has 0 aromatic heterocycles. The van der Waals surface area contributed by atoms with E-state index < -0.39 is 5.91 Å². The number of anilines is 1. The van der Waals surface area contributed by atoms with Gasteiger partial charge in [-0.25, -0.2) is 4.39 Å². The molecule has 2 aromatic rings. The van der Waals surface area contributed by atoms with Gasteiger partial charge >= 0.3 is 0 Å². The van der Waals surface area contributed by atoms with Crippen molar-refractivity contribution in [1.29, 1.82) is 0 Å². The molecular weight excluding hydrogens is 267 g/mol. The highest BCUT2D eigenvalue weighted by Gasteiger charge is 2.08. The summed E-state index contributed by atoms with van der Waals surface area (Å²) in [5.74, 6) is -0.900. The van der Waals surface area contributed by atoms with Crippen LogP contribution in [0.1, 0.15) is 34.8 Å². The lowest BCUT2D eigenvalue weighted by Crippen LogP contribution is -2.12. The van der Waals surface area contributed by atoms with Gasteiger partial charge in [-0.1, -0.05) is 31.5 Å². The molecule has 21 heavy (non-hydrogen) atoms. The molecule has 0 saturated heterocycles. The number of hydrogen-bond acceptors (Lipinski definition) is 2. The average molecular weight is 286 g/mol. The van der Waals surface area contributed by atoms with Gasteiger partial charge < -0.3 is 11.1 Å². The number of rotatable bonds is 6. The quantitative estimate of drug-likeness (QED) is 0.854. The molecule has 4 heteroatoms. The summed E-state index contributed by atoms with van der Waals surface area (Å²) in [5, 5.41) is 3.23. The topological polar surface area (TPSA) is 55.1 Å². The Morgan fingerprint density at radius 1 is 1.19 bits per heavy atom. The summed E-state index contributed by atoms with van der Waals surface area (Å²) >= 11 is 0. The third-order valence-corrected chi connectivity index (χ3v) is 3.34. The molecule has 0 atom stereocenters. The first kappa shape index (κ1) is 15.0. The number of amides is 1. The average Bonchev–Trinajstić information content (AvgIpc) is 2.48. The van der Waals surface area contributed by atoms with Crippen LogP contribution >= 0.6 is 0 Å². The number of hydrogen-bond donors (Lipinski definition) is 2. The Hall–Kier alpha value is -2.36. The third kappa shape index (κ3) is 3.81. The standard InChI is InChI=1S/C17H19FN2O/c1-2-5-12-6-3-4-7-16(12)20-11-14-10-13(17(19)21)8-9-15(14)18/h3-4,6-10,20H,2,5,11H2,1H3,(H2,19,21). The number of nitrogens with one attached hydrogen (secondary N) is 1. The minimum Gasteiger partial charge on any atom is -0.381 e. The highest BCUT2D eigenvalue weighted by Crippen LogP contribution is 2.19. The van der Waals surface area contributed by atoms with Crippen LogP contribution in [0.5, 0.6) is 0 Å². The molecule has 0 saturated carbocycles. The molecule has 0 aliphatic rings. The van der Waals surface area contributed by atoms with E-state index in [0.29, 0.717) is 17.7 Å². The fraction of sp³-hybridized carbons (Fsp3) is 0.235. The van der Waals surface area contributed by atoms with Crippen molar-refractivity contribution in [3.63, 3.8) is 0 Å². The van der Waals surface area contributed by atoms with Crippen molar-refractivity contribution in [1.82, 2.24) is 0 Å². The van der Waals surface area contributed by atoms with Crippen molar-refractivity contribution in [2.24, 2.45) is 5.73 Å². The van der Waals surface area contributed by atoms with E-state index in [-0.39, 0.29) is 5.82 Å². The van der Waals surface area contributed by atoms with Crippen molar-refractivity contribution >= 4 is 11.6 Å². The molecule has 1 amide bonds. The van der Waals surface area contributed by atoms with Crippen molar-refractivity contribution in [2.45, 2.75) is 26.3 Å². The van der Waals surface area contributed by atoms with Crippen LogP contribution in [-0.2, 0) is 13.0 Å². The Balaban J connectivity index is 2.16. The summed E-state index contributed by atoms with van der Waals surface area (Å²) in [6, 6.07) is 12.1. The Bertz CT molecular complexity index is 640. The SMILES string of the molecule is CCCc1ccccc1NCc1cc(C(N)=O)ccc1F. The maximum absolute atomic E-state index is 13.8. The highest BCUT2D eigenvalue weighted by molar-refractivity contribution is 5.92. The van der Waals surface area contributed by atoms with E-state index >= 15 is 0 Å². The predicted octanol–water partition coefficient (Wildman–Crippen LogP) is 3.49. The maximum Gasteiger partial charge on any atom is 0.248 e. The summed E-state index contributed by atoms with van der Waals surface area (Å²) in [4.78, 5) is 11.2. The van der Waals surface area contributed by atoms with Crippen molar-refractivity contribution in [2.75, 3.05) is 5.32 Å². The van der Waals surface area contributed by atoms with Gasteiger partial charge in [0.2, 0.25) is 5.91 Å². The van der Waals surface area contributed by atoms with E-state index in [1.54, 1.807) is 0 Å². The molecule has 0 bridgehead atoms. The van der Waals surface area contributed by atoms with Gasteiger partial charge in [-0.3, -0.25) is 4.79 Å². The zero-order chi connectivity index (χ0) is 15.2. The first-order valence-corrected chi connectivity index (χ1v) is 7.01. The molecule has 0 heterocycles. The zero-order valence-electron chi connectivity index (χ0n) is 12.0. The number of carbonyl (C=O) groups excluding carboxylic acids is 1. The van der Waals surface area contributed by atoms with Crippen LogP contribution in [0.25, 0.3) is 0 Å². The van der Waals surface area contributed by atoms with E-state index in [9.17, 15) is 9.18 Å². The lowest BCUT2D eigenvalue weighted by Gasteiger charge is -2.12. The van der Waals surface area contributed by atoms with Crippen LogP contribution < -0.4 is 11.1 Å². The largest absolute Gasteiger partial charge is 0.381 e. The number of para-hydroxylation sites is 1.